The first-order valence-corrected chi connectivity index (χ1v) is 13.5. The second-order valence-corrected chi connectivity index (χ2v) is 10.2. The van der Waals surface area contributed by atoms with Crippen LogP contribution in [0, 0.1) is 0 Å². The summed E-state index contributed by atoms with van der Waals surface area (Å²) in [4.78, 5) is 39.2. The highest BCUT2D eigenvalue weighted by molar-refractivity contribution is 7.99. The lowest BCUT2D eigenvalue weighted by atomic mass is 10.1. The zero-order chi connectivity index (χ0) is 27.1. The van der Waals surface area contributed by atoms with Crippen molar-refractivity contribution in [2.75, 3.05) is 22.5 Å². The average molecular weight is 551 g/mol. The van der Waals surface area contributed by atoms with Gasteiger partial charge in [0, 0.05) is 17.0 Å². The number of carboxylic acids is 1. The molecular weight excluding hydrogens is 524 g/mol. The van der Waals surface area contributed by atoms with Crippen LogP contribution in [0.15, 0.2) is 76.7 Å². The number of para-hydroxylation sites is 1. The van der Waals surface area contributed by atoms with Crippen LogP contribution >= 0.6 is 23.4 Å². The number of carboxylic acid groups (broad SMARTS) is 1. The van der Waals surface area contributed by atoms with Gasteiger partial charge in [-0.25, -0.2) is 15.0 Å². The van der Waals surface area contributed by atoms with Crippen LogP contribution in [0.25, 0.3) is 0 Å². The zero-order valence-corrected chi connectivity index (χ0v) is 22.3. The molecule has 3 amide bonds. The molecule has 1 aliphatic rings. The summed E-state index contributed by atoms with van der Waals surface area (Å²) in [6.45, 7) is 2.54. The second kappa shape index (κ2) is 12.6. The molecule has 0 aromatic heterocycles. The van der Waals surface area contributed by atoms with Gasteiger partial charge >= 0.3 is 12.0 Å². The molecule has 0 radical (unpaired) electrons. The van der Waals surface area contributed by atoms with Crippen molar-refractivity contribution >= 4 is 58.4 Å². The predicted molar refractivity (Wildman–Crippen MR) is 152 cm³/mol. The number of nitrogens with zero attached hydrogens (tertiary/aromatic N) is 2. The topological polar surface area (TPSA) is 111 Å². The lowest BCUT2D eigenvalue weighted by Crippen LogP contribution is -2.33. The van der Waals surface area contributed by atoms with Gasteiger partial charge in [0.1, 0.15) is 0 Å². The van der Waals surface area contributed by atoms with Gasteiger partial charge in [-0.2, -0.15) is 5.10 Å². The van der Waals surface area contributed by atoms with E-state index < -0.39 is 12.0 Å². The maximum absolute atomic E-state index is 13.1. The molecule has 0 unspecified atom stereocenters. The van der Waals surface area contributed by atoms with E-state index in [0.717, 1.165) is 41.2 Å². The molecule has 3 aromatic rings. The zero-order valence-electron chi connectivity index (χ0n) is 20.7. The smallest absolute Gasteiger partial charge is 0.339 e. The first-order chi connectivity index (χ1) is 18.4. The van der Waals surface area contributed by atoms with Gasteiger partial charge in [0.05, 0.1) is 22.0 Å². The molecule has 0 aliphatic carbocycles. The number of amides is 3. The third-order valence-electron chi connectivity index (χ3n) is 5.88. The molecule has 1 heterocycles. The van der Waals surface area contributed by atoms with Crippen molar-refractivity contribution in [3.63, 3.8) is 0 Å². The van der Waals surface area contributed by atoms with Crippen molar-refractivity contribution < 1.29 is 19.5 Å². The summed E-state index contributed by atoms with van der Waals surface area (Å²) in [5.74, 6) is -0.345. The van der Waals surface area contributed by atoms with Gasteiger partial charge in [0.2, 0.25) is 0 Å². The second-order valence-electron chi connectivity index (χ2n) is 8.60. The first kappa shape index (κ1) is 27.2. The third kappa shape index (κ3) is 6.54. The van der Waals surface area contributed by atoms with Crippen LogP contribution in [0.3, 0.4) is 0 Å². The van der Waals surface area contributed by atoms with Crippen molar-refractivity contribution in [2.24, 2.45) is 5.10 Å². The normalized spacial score (nSPS) is 13.5. The number of hydrazone groups is 1. The molecule has 0 atom stereocenters. The number of halogens is 1. The summed E-state index contributed by atoms with van der Waals surface area (Å²) in [7, 11) is 0. The highest BCUT2D eigenvalue weighted by Crippen LogP contribution is 2.33. The number of carbonyl (C=O) groups excluding carboxylic acids is 2. The number of thioether (sulfide) groups is 1. The molecule has 0 saturated heterocycles. The summed E-state index contributed by atoms with van der Waals surface area (Å²) >= 11 is 7.76. The highest BCUT2D eigenvalue weighted by Gasteiger charge is 2.34. The van der Waals surface area contributed by atoms with Gasteiger partial charge in [-0.05, 0) is 73.0 Å². The lowest BCUT2D eigenvalue weighted by Gasteiger charge is -2.15. The maximum atomic E-state index is 13.1. The summed E-state index contributed by atoms with van der Waals surface area (Å²) in [6.07, 6.45) is 2.51. The Balaban J connectivity index is 1.42. The molecule has 8 nitrogen and oxygen atoms in total. The van der Waals surface area contributed by atoms with Gasteiger partial charge in [0.25, 0.3) is 5.91 Å². The van der Waals surface area contributed by atoms with Crippen molar-refractivity contribution in [1.29, 1.82) is 0 Å². The Hall–Kier alpha value is -3.82. The number of hydrogen-bond donors (Lipinski definition) is 3. The van der Waals surface area contributed by atoms with Crippen LogP contribution in [0.5, 0.6) is 0 Å². The number of carbonyl (C=O) groups is 3. The summed E-state index contributed by atoms with van der Waals surface area (Å²) in [5, 5.41) is 16.2. The first-order valence-electron chi connectivity index (χ1n) is 12.2. The molecule has 0 spiro atoms. The molecule has 4 rings (SSSR count). The van der Waals surface area contributed by atoms with E-state index in [4.69, 9.17) is 16.7 Å². The molecule has 10 heteroatoms. The summed E-state index contributed by atoms with van der Waals surface area (Å²) in [5.41, 5.74) is 5.86. The van der Waals surface area contributed by atoms with Crippen molar-refractivity contribution in [3.8, 4) is 0 Å². The van der Waals surface area contributed by atoms with E-state index in [9.17, 15) is 14.4 Å². The molecule has 196 valence electrons. The van der Waals surface area contributed by atoms with Crippen LogP contribution in [-0.2, 0) is 11.2 Å². The number of nitrogens with one attached hydrogen (secondary N) is 2. The standard InChI is InChI=1S/C28H27ClN4O4S/c1-2-15-33-24-14-13-20(38-16-5-6-18-9-11-19(12-10-18)27(35)36)17-21(24)25(26(33)34)31-32-28(37)30-23-8-4-3-7-22(23)29/h3-4,7-14,17H,2,5-6,15-16H2,1H3,(H,35,36)(H2,30,32,37)/b31-25+. The Morgan fingerprint density at radius 1 is 1.08 bits per heavy atom. The highest BCUT2D eigenvalue weighted by atomic mass is 35.5. The Kier molecular flexibility index (Phi) is 9.04. The molecule has 3 aromatic carbocycles. The number of aromatic carboxylic acids is 1. The van der Waals surface area contributed by atoms with Crippen molar-refractivity contribution in [1.82, 2.24) is 5.43 Å². The summed E-state index contributed by atoms with van der Waals surface area (Å²) < 4.78 is 0. The Bertz CT molecular complexity index is 1380. The number of rotatable bonds is 10. The minimum absolute atomic E-state index is 0.184. The number of fused-ring (bicyclic) bond motifs is 1. The minimum atomic E-state index is -0.931. The fraction of sp³-hybridized carbons (Fsp3) is 0.214. The number of urea groups is 1. The fourth-order valence-electron chi connectivity index (χ4n) is 4.04. The Morgan fingerprint density at radius 2 is 1.84 bits per heavy atom. The van der Waals surface area contributed by atoms with Gasteiger partial charge in [-0.3, -0.25) is 4.79 Å². The SMILES string of the molecule is CCCN1C(=O)/C(=N/NC(=O)Nc2ccccc2Cl)c2cc(SCCCc3ccc(C(=O)O)cc3)ccc21. The van der Waals surface area contributed by atoms with Gasteiger partial charge in [0.15, 0.2) is 5.71 Å². The monoisotopic (exact) mass is 550 g/mol. The van der Waals surface area contributed by atoms with Crippen LogP contribution in [0.2, 0.25) is 5.02 Å². The van der Waals surface area contributed by atoms with E-state index in [0.29, 0.717) is 22.8 Å². The van der Waals surface area contributed by atoms with Crippen LogP contribution in [0.1, 0.15) is 41.3 Å². The maximum Gasteiger partial charge on any atom is 0.339 e. The number of benzene rings is 3. The molecule has 0 saturated carbocycles. The van der Waals surface area contributed by atoms with Crippen LogP contribution < -0.4 is 15.6 Å². The van der Waals surface area contributed by atoms with Crippen molar-refractivity contribution in [2.45, 2.75) is 31.1 Å². The Morgan fingerprint density at radius 3 is 2.55 bits per heavy atom. The third-order valence-corrected chi connectivity index (χ3v) is 7.29. The molecule has 0 bridgehead atoms. The van der Waals surface area contributed by atoms with Gasteiger partial charge in [-0.15, -0.1) is 11.8 Å². The van der Waals surface area contributed by atoms with Crippen LogP contribution in [-0.4, -0.2) is 41.0 Å². The van der Waals surface area contributed by atoms with Crippen LogP contribution in [0.4, 0.5) is 16.2 Å². The van der Waals surface area contributed by atoms with E-state index in [1.807, 2.05) is 37.3 Å². The molecular formula is C28H27ClN4O4S. The number of aryl methyl sites for hydroxylation is 1. The lowest BCUT2D eigenvalue weighted by molar-refractivity contribution is -0.112. The minimum Gasteiger partial charge on any atom is -0.478 e. The number of anilines is 2. The number of hydrogen-bond acceptors (Lipinski definition) is 5. The van der Waals surface area contributed by atoms with E-state index in [1.54, 1.807) is 53.1 Å². The van der Waals surface area contributed by atoms with Gasteiger partial charge < -0.3 is 15.3 Å². The molecule has 38 heavy (non-hydrogen) atoms. The quantitative estimate of drug-likeness (QED) is 0.162. The Labute approximate surface area is 230 Å². The van der Waals surface area contributed by atoms with Gasteiger partial charge in [-0.1, -0.05) is 42.8 Å². The van der Waals surface area contributed by atoms with E-state index in [-0.39, 0.29) is 17.2 Å². The largest absolute Gasteiger partial charge is 0.478 e. The molecule has 3 N–H and O–H groups in total. The van der Waals surface area contributed by atoms with E-state index >= 15 is 0 Å². The van der Waals surface area contributed by atoms with E-state index in [1.165, 1.54) is 0 Å². The average Bonchev–Trinajstić information content (AvgIpc) is 3.17. The van der Waals surface area contributed by atoms with Crippen molar-refractivity contribution in [3.05, 3.63) is 88.4 Å². The molecule has 1 aliphatic heterocycles. The fourth-order valence-corrected chi connectivity index (χ4v) is 5.11. The molecule has 0 fully saturated rings. The van der Waals surface area contributed by atoms with E-state index in [2.05, 4.69) is 15.8 Å². The summed E-state index contributed by atoms with van der Waals surface area (Å²) in [6, 6.07) is 19.0. The predicted octanol–water partition coefficient (Wildman–Crippen LogP) is 6.05.